The van der Waals surface area contributed by atoms with Crippen molar-refractivity contribution in [3.63, 3.8) is 0 Å². The summed E-state index contributed by atoms with van der Waals surface area (Å²) in [5.41, 5.74) is 0. The van der Waals surface area contributed by atoms with Crippen molar-refractivity contribution in [2.75, 3.05) is 0 Å². The normalized spacial score (nSPS) is 9.43. The Labute approximate surface area is 42.0 Å². The third kappa shape index (κ3) is 5.14. The van der Waals surface area contributed by atoms with Crippen LogP contribution < -0.4 is 0 Å². The summed E-state index contributed by atoms with van der Waals surface area (Å²) in [6.45, 7) is 2.97. The van der Waals surface area contributed by atoms with E-state index in [0.717, 1.165) is 0 Å². The molecule has 0 saturated heterocycles. The molecule has 0 aliphatic heterocycles. The van der Waals surface area contributed by atoms with E-state index in [9.17, 15) is 4.79 Å². The Balaban J connectivity index is 3.14. The highest BCUT2D eigenvalue weighted by molar-refractivity contribution is 5.66. The quantitative estimate of drug-likeness (QED) is 0.275. The second kappa shape index (κ2) is 3.33. The Kier molecular flexibility index (Phi) is 2.92. The van der Waals surface area contributed by atoms with Gasteiger partial charge in [-0.05, 0) is 6.92 Å². The molecule has 0 heterocycles. The van der Waals surface area contributed by atoms with Crippen LogP contribution in [-0.2, 0) is 9.63 Å². The topological polar surface area (TPSA) is 38.7 Å². The van der Waals surface area contributed by atoms with Crippen molar-refractivity contribution in [3.05, 3.63) is 0 Å². The molecule has 0 fully saturated rings. The summed E-state index contributed by atoms with van der Waals surface area (Å²) in [4.78, 5) is 14.0. The molecule has 0 spiro atoms. The maximum absolute atomic E-state index is 9.87. The number of oxime groups is 1. The number of carbonyl (C=O) groups excluding carboxylic acids is 1. The lowest BCUT2D eigenvalue weighted by Crippen LogP contribution is -1.89. The van der Waals surface area contributed by atoms with Crippen LogP contribution >= 0.6 is 0 Å². The van der Waals surface area contributed by atoms with E-state index in [1.807, 2.05) is 0 Å². The van der Waals surface area contributed by atoms with Gasteiger partial charge >= 0.3 is 5.97 Å². The van der Waals surface area contributed by atoms with Crippen LogP contribution in [0.3, 0.4) is 0 Å². The van der Waals surface area contributed by atoms with E-state index in [2.05, 4.69) is 9.99 Å². The fraction of sp³-hybridized carbons (Fsp3) is 0.500. The molecular weight excluding hydrogens is 94.0 g/mol. The Morgan fingerprint density at radius 3 is 2.57 bits per heavy atom. The minimum Gasteiger partial charge on any atom is -0.319 e. The van der Waals surface area contributed by atoms with Crippen LogP contribution in [0.25, 0.3) is 0 Å². The SMILES string of the molecule is CC=NOC(C)=O. The average Bonchev–Trinajstić information content (AvgIpc) is 1.61. The molecule has 0 amide bonds. The summed E-state index contributed by atoms with van der Waals surface area (Å²) in [6.07, 6.45) is 1.40. The molecule has 0 aliphatic carbocycles. The molecule has 40 valence electrons. The van der Waals surface area contributed by atoms with Gasteiger partial charge < -0.3 is 4.84 Å². The largest absolute Gasteiger partial charge is 0.331 e. The predicted molar refractivity (Wildman–Crippen MR) is 25.9 cm³/mol. The highest BCUT2D eigenvalue weighted by Crippen LogP contribution is 1.72. The van der Waals surface area contributed by atoms with E-state index in [4.69, 9.17) is 0 Å². The molecule has 0 aromatic heterocycles. The van der Waals surface area contributed by atoms with Crippen molar-refractivity contribution in [2.24, 2.45) is 5.16 Å². The summed E-state index contributed by atoms with van der Waals surface area (Å²) < 4.78 is 0. The molecule has 0 aromatic rings. The van der Waals surface area contributed by atoms with E-state index in [-0.39, 0.29) is 0 Å². The molecule has 7 heavy (non-hydrogen) atoms. The lowest BCUT2D eigenvalue weighted by molar-refractivity contribution is -0.140. The van der Waals surface area contributed by atoms with E-state index in [1.54, 1.807) is 6.92 Å². The van der Waals surface area contributed by atoms with Gasteiger partial charge in [-0.2, -0.15) is 0 Å². The van der Waals surface area contributed by atoms with Crippen LogP contribution in [0.15, 0.2) is 5.16 Å². The van der Waals surface area contributed by atoms with Gasteiger partial charge in [-0.1, -0.05) is 5.16 Å². The molecule has 0 saturated carbocycles. The maximum atomic E-state index is 9.87. The lowest BCUT2D eigenvalue weighted by atomic mass is 10.8. The molecule has 0 radical (unpaired) electrons. The van der Waals surface area contributed by atoms with Crippen molar-refractivity contribution in [1.82, 2.24) is 0 Å². The Hall–Kier alpha value is -0.860. The predicted octanol–water partition coefficient (Wildman–Crippen LogP) is 0.555. The van der Waals surface area contributed by atoms with Crippen LogP contribution in [0, 0.1) is 0 Å². The second-order valence-corrected chi connectivity index (χ2v) is 0.946. The zero-order valence-electron chi connectivity index (χ0n) is 4.34. The van der Waals surface area contributed by atoms with E-state index < -0.39 is 5.97 Å². The van der Waals surface area contributed by atoms with Gasteiger partial charge in [0.15, 0.2) is 0 Å². The highest BCUT2D eigenvalue weighted by atomic mass is 16.7. The number of rotatable bonds is 1. The summed E-state index contributed by atoms with van der Waals surface area (Å²) in [7, 11) is 0. The van der Waals surface area contributed by atoms with E-state index >= 15 is 0 Å². The first-order valence-electron chi connectivity index (χ1n) is 1.93. The van der Waals surface area contributed by atoms with Crippen molar-refractivity contribution in [1.29, 1.82) is 0 Å². The molecule has 0 N–H and O–H groups in total. The second-order valence-electron chi connectivity index (χ2n) is 0.946. The Morgan fingerprint density at radius 1 is 1.86 bits per heavy atom. The maximum Gasteiger partial charge on any atom is 0.331 e. The van der Waals surface area contributed by atoms with E-state index in [0.29, 0.717) is 0 Å². The fourth-order valence-electron chi connectivity index (χ4n) is 0.127. The zero-order chi connectivity index (χ0) is 5.70. The summed E-state index contributed by atoms with van der Waals surface area (Å²) >= 11 is 0. The van der Waals surface area contributed by atoms with Crippen molar-refractivity contribution in [3.8, 4) is 0 Å². The Bertz CT molecular complexity index is 87.7. The van der Waals surface area contributed by atoms with Gasteiger partial charge in [-0.3, -0.25) is 0 Å². The van der Waals surface area contributed by atoms with Gasteiger partial charge in [0.25, 0.3) is 0 Å². The van der Waals surface area contributed by atoms with Crippen LogP contribution in [-0.4, -0.2) is 12.2 Å². The number of carbonyl (C=O) groups is 1. The molecular formula is C4H7NO2. The first-order valence-corrected chi connectivity index (χ1v) is 1.93. The van der Waals surface area contributed by atoms with Gasteiger partial charge in [0.2, 0.25) is 0 Å². The minimum atomic E-state index is -0.391. The van der Waals surface area contributed by atoms with Gasteiger partial charge in [-0.25, -0.2) is 4.79 Å². The third-order valence-electron chi connectivity index (χ3n) is 0.287. The van der Waals surface area contributed by atoms with Crippen molar-refractivity contribution in [2.45, 2.75) is 13.8 Å². The molecule has 0 aliphatic rings. The van der Waals surface area contributed by atoms with Gasteiger partial charge in [-0.15, -0.1) is 0 Å². The van der Waals surface area contributed by atoms with Crippen molar-refractivity contribution < 1.29 is 9.63 Å². The van der Waals surface area contributed by atoms with Gasteiger partial charge in [0.05, 0.1) is 0 Å². The monoisotopic (exact) mass is 101 g/mol. The Morgan fingerprint density at radius 2 is 2.43 bits per heavy atom. The molecule has 3 heteroatoms. The minimum absolute atomic E-state index is 0.391. The molecule has 0 aromatic carbocycles. The lowest BCUT2D eigenvalue weighted by Gasteiger charge is -1.82. The first-order chi connectivity index (χ1) is 3.27. The van der Waals surface area contributed by atoms with Crippen LogP contribution in [0.2, 0.25) is 0 Å². The van der Waals surface area contributed by atoms with Crippen LogP contribution in [0.4, 0.5) is 0 Å². The molecule has 0 unspecified atom stereocenters. The van der Waals surface area contributed by atoms with E-state index in [1.165, 1.54) is 13.1 Å². The molecule has 0 bridgehead atoms. The first kappa shape index (κ1) is 6.14. The fourth-order valence-corrected chi connectivity index (χ4v) is 0.127. The summed E-state index contributed by atoms with van der Waals surface area (Å²) in [5, 5.41) is 3.20. The molecule has 0 rings (SSSR count). The highest BCUT2D eigenvalue weighted by Gasteiger charge is 1.82. The van der Waals surface area contributed by atoms with Gasteiger partial charge in [0, 0.05) is 13.1 Å². The number of hydrogen-bond acceptors (Lipinski definition) is 3. The van der Waals surface area contributed by atoms with Gasteiger partial charge in [0.1, 0.15) is 0 Å². The number of hydrogen-bond donors (Lipinski definition) is 0. The zero-order valence-corrected chi connectivity index (χ0v) is 4.34. The standard InChI is InChI=1S/C4H7NO2/c1-3-5-7-4(2)6/h3H,1-2H3. The van der Waals surface area contributed by atoms with Crippen LogP contribution in [0.1, 0.15) is 13.8 Å². The van der Waals surface area contributed by atoms with Crippen molar-refractivity contribution >= 4 is 12.2 Å². The molecule has 3 nitrogen and oxygen atoms in total. The molecule has 0 atom stereocenters. The average molecular weight is 101 g/mol. The third-order valence-corrected chi connectivity index (χ3v) is 0.287. The number of nitrogens with zero attached hydrogens (tertiary/aromatic N) is 1. The smallest absolute Gasteiger partial charge is 0.319 e. The summed E-state index contributed by atoms with van der Waals surface area (Å²) in [5.74, 6) is -0.391. The van der Waals surface area contributed by atoms with Crippen LogP contribution in [0.5, 0.6) is 0 Å². The summed E-state index contributed by atoms with van der Waals surface area (Å²) in [6, 6.07) is 0.